The molecule has 0 radical (unpaired) electrons. The Hall–Kier alpha value is -1.84. The Kier molecular flexibility index (Phi) is 3.44. The highest BCUT2D eigenvalue weighted by atomic mass is 16.4. The molecule has 0 atom stereocenters. The van der Waals surface area contributed by atoms with Crippen LogP contribution < -0.4 is 5.32 Å². The molecule has 1 aromatic rings. The van der Waals surface area contributed by atoms with Crippen LogP contribution in [-0.4, -0.2) is 17.0 Å². The molecule has 0 aliphatic carbocycles. The number of carbonyl (C=O) groups is 2. The van der Waals surface area contributed by atoms with Crippen molar-refractivity contribution in [3.8, 4) is 0 Å². The van der Waals surface area contributed by atoms with Gasteiger partial charge >= 0.3 is 11.9 Å². The molecule has 0 saturated carbocycles. The molecule has 0 spiro atoms. The summed E-state index contributed by atoms with van der Waals surface area (Å²) in [6, 6.07) is 5.78. The van der Waals surface area contributed by atoms with Gasteiger partial charge in [-0.2, -0.15) is 0 Å². The van der Waals surface area contributed by atoms with Crippen LogP contribution in [-0.2, 0) is 16.1 Å². The smallest absolute Gasteiger partial charge is 0.394 e. The van der Waals surface area contributed by atoms with Crippen LogP contribution in [0.5, 0.6) is 0 Å². The van der Waals surface area contributed by atoms with E-state index >= 15 is 0 Å². The van der Waals surface area contributed by atoms with E-state index in [1.807, 2.05) is 32.0 Å². The van der Waals surface area contributed by atoms with Gasteiger partial charge in [0.25, 0.3) is 0 Å². The van der Waals surface area contributed by atoms with Crippen molar-refractivity contribution in [3.63, 3.8) is 0 Å². The maximum atomic E-state index is 10.8. The maximum absolute atomic E-state index is 10.8. The zero-order chi connectivity index (χ0) is 11.4. The van der Waals surface area contributed by atoms with Crippen LogP contribution in [0.1, 0.15) is 16.7 Å². The summed E-state index contributed by atoms with van der Waals surface area (Å²) >= 11 is 0. The fraction of sp³-hybridized carbons (Fsp3) is 0.273. The van der Waals surface area contributed by atoms with Crippen molar-refractivity contribution in [2.75, 3.05) is 0 Å². The van der Waals surface area contributed by atoms with Crippen molar-refractivity contribution in [1.29, 1.82) is 0 Å². The number of amides is 1. The van der Waals surface area contributed by atoms with E-state index in [2.05, 4.69) is 5.32 Å². The molecule has 4 heteroatoms. The Morgan fingerprint density at radius 3 is 2.27 bits per heavy atom. The lowest BCUT2D eigenvalue weighted by molar-refractivity contribution is -0.150. The van der Waals surface area contributed by atoms with Gasteiger partial charge < -0.3 is 10.4 Å². The average Bonchev–Trinajstić information content (AvgIpc) is 2.16. The first-order chi connectivity index (χ1) is 7.02. The number of rotatable bonds is 2. The highest BCUT2D eigenvalue weighted by Gasteiger charge is 2.11. The van der Waals surface area contributed by atoms with E-state index in [1.165, 1.54) is 0 Å². The predicted molar refractivity (Wildman–Crippen MR) is 55.4 cm³/mol. The molecule has 0 unspecified atom stereocenters. The topological polar surface area (TPSA) is 66.4 Å². The maximum Gasteiger partial charge on any atom is 0.394 e. The van der Waals surface area contributed by atoms with Crippen molar-refractivity contribution < 1.29 is 14.7 Å². The van der Waals surface area contributed by atoms with Gasteiger partial charge in [0.05, 0.1) is 0 Å². The number of hydrogen-bond donors (Lipinski definition) is 2. The van der Waals surface area contributed by atoms with Crippen LogP contribution in [0, 0.1) is 13.8 Å². The van der Waals surface area contributed by atoms with E-state index in [0.717, 1.165) is 16.7 Å². The number of aryl methyl sites for hydroxylation is 2. The van der Waals surface area contributed by atoms with Crippen molar-refractivity contribution >= 4 is 11.9 Å². The van der Waals surface area contributed by atoms with Gasteiger partial charge in [-0.1, -0.05) is 18.2 Å². The molecule has 0 fully saturated rings. The second-order valence-corrected chi connectivity index (χ2v) is 3.36. The third-order valence-corrected chi connectivity index (χ3v) is 2.26. The summed E-state index contributed by atoms with van der Waals surface area (Å²) in [5, 5.41) is 10.7. The fourth-order valence-electron chi connectivity index (χ4n) is 1.37. The largest absolute Gasteiger partial charge is 0.474 e. The standard InChI is InChI=1S/C11H13NO3/c1-7-4-3-5-8(2)9(7)6-12-10(13)11(14)15/h3-5H,6H2,1-2H3,(H,12,13)(H,14,15). The van der Waals surface area contributed by atoms with Gasteiger partial charge in [0.15, 0.2) is 0 Å². The molecule has 1 aromatic carbocycles. The molecule has 0 aliphatic heterocycles. The molecule has 0 bridgehead atoms. The highest BCUT2D eigenvalue weighted by molar-refractivity contribution is 6.31. The average molecular weight is 207 g/mol. The second kappa shape index (κ2) is 4.59. The van der Waals surface area contributed by atoms with Gasteiger partial charge in [-0.3, -0.25) is 4.79 Å². The molecule has 80 valence electrons. The number of nitrogens with one attached hydrogen (secondary N) is 1. The summed E-state index contributed by atoms with van der Waals surface area (Å²) in [6.45, 7) is 4.11. The second-order valence-electron chi connectivity index (χ2n) is 3.36. The van der Waals surface area contributed by atoms with E-state index in [-0.39, 0.29) is 6.54 Å². The number of aliphatic carboxylic acids is 1. The molecular weight excluding hydrogens is 194 g/mol. The van der Waals surface area contributed by atoms with Crippen LogP contribution in [0.3, 0.4) is 0 Å². The van der Waals surface area contributed by atoms with E-state index < -0.39 is 11.9 Å². The van der Waals surface area contributed by atoms with E-state index in [1.54, 1.807) is 0 Å². The first-order valence-corrected chi connectivity index (χ1v) is 4.58. The lowest BCUT2D eigenvalue weighted by atomic mass is 10.0. The van der Waals surface area contributed by atoms with Crippen molar-refractivity contribution in [1.82, 2.24) is 5.32 Å². The van der Waals surface area contributed by atoms with Gasteiger partial charge in [0.1, 0.15) is 0 Å². The Morgan fingerprint density at radius 2 is 1.80 bits per heavy atom. The molecule has 1 amide bonds. The number of carbonyl (C=O) groups excluding carboxylic acids is 1. The molecule has 15 heavy (non-hydrogen) atoms. The molecule has 2 N–H and O–H groups in total. The molecule has 4 nitrogen and oxygen atoms in total. The Balaban J connectivity index is 2.73. The van der Waals surface area contributed by atoms with E-state index in [4.69, 9.17) is 5.11 Å². The van der Waals surface area contributed by atoms with Crippen LogP contribution >= 0.6 is 0 Å². The van der Waals surface area contributed by atoms with Crippen LogP contribution in [0.2, 0.25) is 0 Å². The molecule has 1 rings (SSSR count). The first kappa shape index (κ1) is 11.2. The minimum atomic E-state index is -1.46. The zero-order valence-electron chi connectivity index (χ0n) is 8.70. The van der Waals surface area contributed by atoms with Gasteiger partial charge in [-0.05, 0) is 30.5 Å². The third kappa shape index (κ3) is 2.80. The lowest BCUT2D eigenvalue weighted by Gasteiger charge is -2.09. The number of carboxylic acid groups (broad SMARTS) is 1. The number of hydrogen-bond acceptors (Lipinski definition) is 2. The van der Waals surface area contributed by atoms with Gasteiger partial charge in [0, 0.05) is 6.54 Å². The number of carboxylic acids is 1. The lowest BCUT2D eigenvalue weighted by Crippen LogP contribution is -2.30. The Bertz CT molecular complexity index is 379. The van der Waals surface area contributed by atoms with Gasteiger partial charge in [0.2, 0.25) is 0 Å². The first-order valence-electron chi connectivity index (χ1n) is 4.58. The quantitative estimate of drug-likeness (QED) is 0.711. The molecular formula is C11H13NO3. The van der Waals surface area contributed by atoms with Crippen molar-refractivity contribution in [2.24, 2.45) is 0 Å². The summed E-state index contributed by atoms with van der Waals surface area (Å²) in [6.07, 6.45) is 0. The normalized spacial score (nSPS) is 9.73. The van der Waals surface area contributed by atoms with Crippen LogP contribution in [0.15, 0.2) is 18.2 Å². The van der Waals surface area contributed by atoms with Crippen LogP contribution in [0.4, 0.5) is 0 Å². The van der Waals surface area contributed by atoms with E-state index in [9.17, 15) is 9.59 Å². The van der Waals surface area contributed by atoms with Crippen molar-refractivity contribution in [3.05, 3.63) is 34.9 Å². The predicted octanol–water partition coefficient (Wildman–Crippen LogP) is 1.00. The van der Waals surface area contributed by atoms with Crippen molar-refractivity contribution in [2.45, 2.75) is 20.4 Å². The van der Waals surface area contributed by atoms with Gasteiger partial charge in [-0.15, -0.1) is 0 Å². The minimum absolute atomic E-state index is 0.254. The SMILES string of the molecule is Cc1cccc(C)c1CNC(=O)C(=O)O. The Morgan fingerprint density at radius 1 is 1.27 bits per heavy atom. The Labute approximate surface area is 87.9 Å². The molecule has 0 aromatic heterocycles. The summed E-state index contributed by atoms with van der Waals surface area (Å²) < 4.78 is 0. The summed E-state index contributed by atoms with van der Waals surface area (Å²) in [5.74, 6) is -2.43. The highest BCUT2D eigenvalue weighted by Crippen LogP contribution is 2.12. The van der Waals surface area contributed by atoms with Gasteiger partial charge in [-0.25, -0.2) is 4.79 Å². The molecule has 0 heterocycles. The molecule has 0 aliphatic rings. The van der Waals surface area contributed by atoms with E-state index in [0.29, 0.717) is 0 Å². The summed E-state index contributed by atoms with van der Waals surface area (Å²) in [7, 11) is 0. The monoisotopic (exact) mass is 207 g/mol. The fourth-order valence-corrected chi connectivity index (χ4v) is 1.37. The summed E-state index contributed by atoms with van der Waals surface area (Å²) in [4.78, 5) is 21.1. The minimum Gasteiger partial charge on any atom is -0.474 e. The summed E-state index contributed by atoms with van der Waals surface area (Å²) in [5.41, 5.74) is 3.05. The molecule has 0 saturated heterocycles. The van der Waals surface area contributed by atoms with Crippen LogP contribution in [0.25, 0.3) is 0 Å². The number of benzene rings is 1. The zero-order valence-corrected chi connectivity index (χ0v) is 8.70. The third-order valence-electron chi connectivity index (χ3n) is 2.26.